The highest BCUT2D eigenvalue weighted by atomic mass is 35.5. The molecule has 0 aliphatic rings. The van der Waals surface area contributed by atoms with Gasteiger partial charge in [0.1, 0.15) is 17.7 Å². The van der Waals surface area contributed by atoms with Crippen molar-refractivity contribution in [1.29, 1.82) is 0 Å². The molecule has 1 aromatic carbocycles. The number of alkyl halides is 3. The Morgan fingerprint density at radius 2 is 1.94 bits per heavy atom. The molecule has 0 spiro atoms. The Balaban J connectivity index is 0.000000262. The molecule has 0 aliphatic carbocycles. The largest absolute Gasteiger partial charge is 0.574 e. The molecule has 0 bridgehead atoms. The van der Waals surface area contributed by atoms with E-state index in [1.54, 1.807) is 0 Å². The van der Waals surface area contributed by atoms with Crippen LogP contribution in [-0.2, 0) is 6.61 Å². The third kappa shape index (κ3) is 8.65. The summed E-state index contributed by atoms with van der Waals surface area (Å²) >= 11 is 5.74. The molecule has 7 nitrogen and oxygen atoms in total. The van der Waals surface area contributed by atoms with Gasteiger partial charge in [-0.25, -0.2) is 9.97 Å². The van der Waals surface area contributed by atoms with Crippen LogP contribution < -0.4 is 14.8 Å². The first-order chi connectivity index (χ1) is 14.7. The van der Waals surface area contributed by atoms with Crippen molar-refractivity contribution in [1.82, 2.24) is 15.3 Å². The molecule has 2 aromatic heterocycles. The first-order valence-electron chi connectivity index (χ1n) is 8.87. The summed E-state index contributed by atoms with van der Waals surface area (Å²) in [6.45, 7) is 2.03. The molecule has 1 N–H and O–H groups in total. The van der Waals surface area contributed by atoms with Gasteiger partial charge >= 0.3 is 6.36 Å². The number of carbonyl (C=O) groups is 1. The highest BCUT2D eigenvalue weighted by Gasteiger charge is 2.31. The van der Waals surface area contributed by atoms with Crippen LogP contribution in [0.2, 0.25) is 5.02 Å². The molecular weight excluding hydrogens is 439 g/mol. The second-order valence-electron chi connectivity index (χ2n) is 6.01. The summed E-state index contributed by atoms with van der Waals surface area (Å²) in [5.41, 5.74) is 1.38. The summed E-state index contributed by atoms with van der Waals surface area (Å²) < 4.78 is 49.4. The van der Waals surface area contributed by atoms with E-state index in [0.717, 1.165) is 23.5 Å². The van der Waals surface area contributed by atoms with Crippen LogP contribution in [0, 0.1) is 0 Å². The van der Waals surface area contributed by atoms with Crippen LogP contribution in [-0.4, -0.2) is 29.7 Å². The minimum absolute atomic E-state index is 0.0883. The van der Waals surface area contributed by atoms with Crippen molar-refractivity contribution in [2.24, 2.45) is 0 Å². The fourth-order valence-electron chi connectivity index (χ4n) is 2.14. The van der Waals surface area contributed by atoms with Gasteiger partial charge in [-0.1, -0.05) is 23.7 Å². The number of benzene rings is 1. The average molecular weight is 458 g/mol. The lowest BCUT2D eigenvalue weighted by Crippen LogP contribution is -2.17. The van der Waals surface area contributed by atoms with E-state index in [9.17, 15) is 18.0 Å². The summed E-state index contributed by atoms with van der Waals surface area (Å²) in [6, 6.07) is 10.5. The van der Waals surface area contributed by atoms with Crippen LogP contribution in [0.1, 0.15) is 34.9 Å². The number of nitrogens with one attached hydrogen (secondary N) is 1. The first-order valence-corrected chi connectivity index (χ1v) is 9.25. The maximum absolute atomic E-state index is 11.9. The van der Waals surface area contributed by atoms with Crippen molar-refractivity contribution in [3.63, 3.8) is 0 Å². The first kappa shape index (κ1) is 24.2. The minimum Gasteiger partial charge on any atom is -0.482 e. The number of hydrogen-bond donors (Lipinski definition) is 1. The molecule has 0 saturated heterocycles. The number of pyridine rings is 1. The van der Waals surface area contributed by atoms with E-state index in [2.05, 4.69) is 26.9 Å². The second kappa shape index (κ2) is 11.3. The van der Waals surface area contributed by atoms with Crippen LogP contribution in [0.4, 0.5) is 13.2 Å². The van der Waals surface area contributed by atoms with E-state index < -0.39 is 12.2 Å². The third-order valence-electron chi connectivity index (χ3n) is 3.79. The zero-order valence-electron chi connectivity index (χ0n) is 16.5. The van der Waals surface area contributed by atoms with Gasteiger partial charge in [-0.15, -0.1) is 13.2 Å². The normalized spacial score (nSPS) is 11.8. The van der Waals surface area contributed by atoms with Crippen LogP contribution in [0.15, 0.2) is 53.3 Å². The Labute approximate surface area is 181 Å². The summed E-state index contributed by atoms with van der Waals surface area (Å²) in [4.78, 5) is 17.5. The highest BCUT2D eigenvalue weighted by Crippen LogP contribution is 2.22. The number of aromatic nitrogens is 2. The Kier molecular flexibility index (Phi) is 8.83. The molecule has 1 unspecified atom stereocenters. The number of hydrogen-bond acceptors (Lipinski definition) is 7. The molecule has 2 heterocycles. The van der Waals surface area contributed by atoms with Crippen molar-refractivity contribution in [3.8, 4) is 11.6 Å². The molecule has 3 aromatic rings. The van der Waals surface area contributed by atoms with Crippen LogP contribution in [0.25, 0.3) is 0 Å². The van der Waals surface area contributed by atoms with Crippen LogP contribution in [0.3, 0.4) is 0 Å². The van der Waals surface area contributed by atoms with Gasteiger partial charge in [0, 0.05) is 17.1 Å². The summed E-state index contributed by atoms with van der Waals surface area (Å²) in [5, 5.41) is 3.95. The van der Waals surface area contributed by atoms with Crippen LogP contribution in [0.5, 0.6) is 11.6 Å². The summed E-state index contributed by atoms with van der Waals surface area (Å²) in [5.74, 6) is -0.239. The molecule has 0 saturated carbocycles. The van der Waals surface area contributed by atoms with Gasteiger partial charge < -0.3 is 19.2 Å². The van der Waals surface area contributed by atoms with Crippen molar-refractivity contribution >= 4 is 17.9 Å². The maximum atomic E-state index is 11.9. The van der Waals surface area contributed by atoms with E-state index in [1.165, 1.54) is 11.6 Å². The predicted octanol–water partition coefficient (Wildman–Crippen LogP) is 4.98. The van der Waals surface area contributed by atoms with Crippen molar-refractivity contribution in [2.75, 3.05) is 7.05 Å². The number of carbonyl (C=O) groups excluding carboxylic acids is 1. The van der Waals surface area contributed by atoms with E-state index >= 15 is 0 Å². The lowest BCUT2D eigenvalue weighted by atomic mass is 10.1. The average Bonchev–Trinajstić information content (AvgIpc) is 3.21. The Morgan fingerprint density at radius 3 is 2.45 bits per heavy atom. The topological polar surface area (TPSA) is 86.5 Å². The zero-order chi connectivity index (χ0) is 22.9. The number of halogens is 4. The summed E-state index contributed by atoms with van der Waals surface area (Å²) in [7, 11) is 1.94. The van der Waals surface area contributed by atoms with Crippen LogP contribution >= 0.6 is 11.6 Å². The molecule has 0 radical (unpaired) electrons. The van der Waals surface area contributed by atoms with Crippen molar-refractivity contribution in [2.45, 2.75) is 25.9 Å². The SMILES string of the molecule is CNC(C)c1ccc(Cl)cc1.O=Cc1coc(COc2ccc(OC(F)(F)F)nc2)n1. The molecule has 0 fully saturated rings. The van der Waals surface area contributed by atoms with E-state index in [0.29, 0.717) is 12.3 Å². The third-order valence-corrected chi connectivity index (χ3v) is 4.04. The van der Waals surface area contributed by atoms with Gasteiger partial charge in [0.25, 0.3) is 0 Å². The van der Waals surface area contributed by atoms with E-state index in [4.69, 9.17) is 20.8 Å². The van der Waals surface area contributed by atoms with Gasteiger partial charge in [-0.05, 0) is 37.7 Å². The number of oxazole rings is 1. The second-order valence-corrected chi connectivity index (χ2v) is 6.45. The van der Waals surface area contributed by atoms with E-state index in [-0.39, 0.29) is 23.9 Å². The lowest BCUT2D eigenvalue weighted by molar-refractivity contribution is -0.276. The molecule has 31 heavy (non-hydrogen) atoms. The van der Waals surface area contributed by atoms with Crippen molar-refractivity contribution in [3.05, 3.63) is 71.0 Å². The molecule has 0 aliphatic heterocycles. The Hall–Kier alpha value is -3.11. The zero-order valence-corrected chi connectivity index (χ0v) is 17.3. The molecule has 3 rings (SSSR count). The summed E-state index contributed by atoms with van der Waals surface area (Å²) in [6.07, 6.45) is -2.06. The Bertz CT molecular complexity index is 948. The molecule has 0 amide bonds. The van der Waals surface area contributed by atoms with Crippen molar-refractivity contribution < 1.29 is 31.9 Å². The molecule has 11 heteroatoms. The highest BCUT2D eigenvalue weighted by molar-refractivity contribution is 6.30. The molecule has 166 valence electrons. The number of rotatable bonds is 7. The predicted molar refractivity (Wildman–Crippen MR) is 106 cm³/mol. The van der Waals surface area contributed by atoms with Gasteiger partial charge in [0.15, 0.2) is 12.9 Å². The van der Waals surface area contributed by atoms with Gasteiger partial charge in [-0.3, -0.25) is 4.79 Å². The number of nitrogens with zero attached hydrogens (tertiary/aromatic N) is 2. The Morgan fingerprint density at radius 1 is 1.23 bits per heavy atom. The quantitative estimate of drug-likeness (QED) is 0.501. The van der Waals surface area contributed by atoms with Gasteiger partial charge in [0.2, 0.25) is 11.8 Å². The minimum atomic E-state index is -4.79. The number of aldehydes is 1. The van der Waals surface area contributed by atoms with E-state index in [1.807, 2.05) is 31.3 Å². The molecule has 1 atom stereocenters. The van der Waals surface area contributed by atoms with Gasteiger partial charge in [0.05, 0.1) is 6.20 Å². The molecular formula is C20H19ClF3N3O4. The monoisotopic (exact) mass is 457 g/mol. The lowest BCUT2D eigenvalue weighted by Gasteiger charge is -2.09. The standard InChI is InChI=1S/C11H7F3N2O4.C9H12ClN/c12-11(13,14)20-9-2-1-8(3-15-9)18-6-10-16-7(4-17)5-19-10;1-7(11-2)8-3-5-9(10)6-4-8/h1-5H,6H2;3-7,11H,1-2H3. The fraction of sp³-hybridized carbons (Fsp3) is 0.250. The number of ether oxygens (including phenoxy) is 2. The van der Waals surface area contributed by atoms with Gasteiger partial charge in [-0.2, -0.15) is 0 Å². The maximum Gasteiger partial charge on any atom is 0.574 e. The smallest absolute Gasteiger partial charge is 0.482 e. The fourth-order valence-corrected chi connectivity index (χ4v) is 2.27.